The van der Waals surface area contributed by atoms with Gasteiger partial charge in [-0.15, -0.1) is 15.0 Å². The Morgan fingerprint density at radius 3 is 2.30 bits per heavy atom. The zero-order valence-corrected chi connectivity index (χ0v) is 17.2. The lowest BCUT2D eigenvalue weighted by Crippen LogP contribution is -2.25. The van der Waals surface area contributed by atoms with Crippen molar-refractivity contribution >= 4 is 22.6 Å². The second kappa shape index (κ2) is 6.80. The number of hydrogen-bond acceptors (Lipinski definition) is 4. The van der Waals surface area contributed by atoms with Gasteiger partial charge < -0.3 is 10.2 Å². The molecule has 0 amide bonds. The van der Waals surface area contributed by atoms with Crippen LogP contribution in [0.1, 0.15) is 52.2 Å². The molecule has 1 aromatic heterocycles. The zero-order valence-electron chi connectivity index (χ0n) is 16.4. The first-order valence-corrected chi connectivity index (χ1v) is 9.38. The Bertz CT molecular complexity index is 987. The van der Waals surface area contributed by atoms with Crippen molar-refractivity contribution in [3.8, 4) is 11.4 Å². The minimum atomic E-state index is -0.259. The molecule has 144 valence electrons. The van der Waals surface area contributed by atoms with Gasteiger partial charge in [-0.25, -0.2) is 0 Å². The van der Waals surface area contributed by atoms with Crippen LogP contribution in [0.4, 0.5) is 0 Å². The van der Waals surface area contributed by atoms with Gasteiger partial charge in [-0.2, -0.15) is 0 Å². The predicted molar refractivity (Wildman–Crippen MR) is 109 cm³/mol. The van der Waals surface area contributed by atoms with E-state index in [-0.39, 0.29) is 23.2 Å². The van der Waals surface area contributed by atoms with Crippen molar-refractivity contribution in [3.05, 3.63) is 46.5 Å². The Kier molecular flexibility index (Phi) is 4.95. The Morgan fingerprint density at radius 2 is 1.67 bits per heavy atom. The highest BCUT2D eigenvalue weighted by Gasteiger charge is 2.29. The molecular formula is C21H26ClN3O2. The summed E-state index contributed by atoms with van der Waals surface area (Å²) < 4.78 is 0. The monoisotopic (exact) mass is 387 g/mol. The lowest BCUT2D eigenvalue weighted by Gasteiger charge is -2.33. The van der Waals surface area contributed by atoms with Crippen LogP contribution in [0.3, 0.4) is 0 Å². The Hall–Kier alpha value is -2.11. The van der Waals surface area contributed by atoms with Crippen molar-refractivity contribution in [2.24, 2.45) is 5.41 Å². The molecule has 3 aromatic rings. The summed E-state index contributed by atoms with van der Waals surface area (Å²) in [6.07, 6.45) is 0.944. The van der Waals surface area contributed by atoms with Crippen molar-refractivity contribution in [1.82, 2.24) is 15.0 Å². The van der Waals surface area contributed by atoms with Crippen LogP contribution in [0.5, 0.6) is 5.75 Å². The molecular weight excluding hydrogens is 362 g/mol. The molecule has 0 atom stereocenters. The second-order valence-electron chi connectivity index (χ2n) is 8.91. The molecule has 2 aromatic carbocycles. The molecule has 27 heavy (non-hydrogen) atoms. The third kappa shape index (κ3) is 4.09. The van der Waals surface area contributed by atoms with E-state index in [4.69, 9.17) is 11.6 Å². The number of benzene rings is 2. The van der Waals surface area contributed by atoms with Crippen LogP contribution in [0, 0.1) is 5.41 Å². The van der Waals surface area contributed by atoms with E-state index in [1.807, 2.05) is 12.1 Å². The minimum absolute atomic E-state index is 0.0146. The highest BCUT2D eigenvalue weighted by atomic mass is 35.5. The molecule has 0 saturated heterocycles. The summed E-state index contributed by atoms with van der Waals surface area (Å²) in [5.74, 6) is -0.0146. The van der Waals surface area contributed by atoms with Crippen LogP contribution in [0.25, 0.3) is 16.7 Å². The summed E-state index contributed by atoms with van der Waals surface area (Å²) in [6, 6.07) is 9.05. The molecule has 0 radical (unpaired) electrons. The maximum absolute atomic E-state index is 10.7. The molecule has 6 heteroatoms. The van der Waals surface area contributed by atoms with Crippen LogP contribution in [0.15, 0.2) is 30.3 Å². The van der Waals surface area contributed by atoms with E-state index in [9.17, 15) is 10.2 Å². The number of aliphatic hydroxyl groups is 1. The van der Waals surface area contributed by atoms with Gasteiger partial charge in [0, 0.05) is 10.6 Å². The largest absolute Gasteiger partial charge is 0.505 e. The topological polar surface area (TPSA) is 71.2 Å². The van der Waals surface area contributed by atoms with Crippen molar-refractivity contribution in [1.29, 1.82) is 0 Å². The standard InChI is InChI=1S/C21H26ClN3O2/c1-20(2,3)12-21(4,5)14-8-13(11-26)19(27)18(9-14)25-23-16-7-6-15(22)10-17(16)24-25/h6-10,26-27H,11-12H2,1-5H3. The summed E-state index contributed by atoms with van der Waals surface area (Å²) in [7, 11) is 0. The molecule has 0 aliphatic rings. The van der Waals surface area contributed by atoms with Gasteiger partial charge in [-0.05, 0) is 53.1 Å². The van der Waals surface area contributed by atoms with Gasteiger partial charge in [0.15, 0.2) is 0 Å². The number of fused-ring (bicyclic) bond motifs is 1. The van der Waals surface area contributed by atoms with Crippen LogP contribution in [-0.4, -0.2) is 25.2 Å². The first-order valence-electron chi connectivity index (χ1n) is 9.00. The molecule has 0 bridgehead atoms. The fourth-order valence-corrected chi connectivity index (χ4v) is 3.93. The number of phenols is 1. The molecule has 0 fully saturated rings. The zero-order chi connectivity index (χ0) is 20.0. The van der Waals surface area contributed by atoms with Crippen LogP contribution < -0.4 is 0 Å². The smallest absolute Gasteiger partial charge is 0.148 e. The van der Waals surface area contributed by atoms with Gasteiger partial charge in [0.1, 0.15) is 22.5 Å². The SMILES string of the molecule is CC(C)(C)CC(C)(C)c1cc(CO)c(O)c(-n2nc3ccc(Cl)cc3n2)c1. The summed E-state index contributed by atoms with van der Waals surface area (Å²) in [5, 5.41) is 29.9. The third-order valence-electron chi connectivity index (χ3n) is 4.65. The quantitative estimate of drug-likeness (QED) is 0.661. The van der Waals surface area contributed by atoms with Gasteiger partial charge in [-0.3, -0.25) is 0 Å². The van der Waals surface area contributed by atoms with Crippen LogP contribution in [-0.2, 0) is 12.0 Å². The number of nitrogens with zero attached hydrogens (tertiary/aromatic N) is 3. The van der Waals surface area contributed by atoms with E-state index in [2.05, 4.69) is 44.8 Å². The number of aliphatic hydroxyl groups excluding tert-OH is 1. The highest BCUT2D eigenvalue weighted by molar-refractivity contribution is 6.31. The number of halogens is 1. The van der Waals surface area contributed by atoms with Crippen molar-refractivity contribution < 1.29 is 10.2 Å². The molecule has 0 aliphatic carbocycles. The van der Waals surface area contributed by atoms with E-state index >= 15 is 0 Å². The molecule has 3 rings (SSSR count). The van der Waals surface area contributed by atoms with Gasteiger partial charge in [-0.1, -0.05) is 46.2 Å². The molecule has 0 unspecified atom stereocenters. The predicted octanol–water partition coefficient (Wildman–Crippen LogP) is 4.99. The number of rotatable bonds is 4. The minimum Gasteiger partial charge on any atom is -0.505 e. The number of aromatic hydroxyl groups is 1. The normalized spacial score (nSPS) is 12.7. The first-order chi connectivity index (χ1) is 12.5. The molecule has 1 heterocycles. The maximum Gasteiger partial charge on any atom is 0.148 e. The summed E-state index contributed by atoms with van der Waals surface area (Å²) in [5.41, 5.74) is 3.25. The molecule has 2 N–H and O–H groups in total. The third-order valence-corrected chi connectivity index (χ3v) is 4.89. The van der Waals surface area contributed by atoms with Crippen molar-refractivity contribution in [3.63, 3.8) is 0 Å². The van der Waals surface area contributed by atoms with E-state index < -0.39 is 0 Å². The Balaban J connectivity index is 2.16. The lowest BCUT2D eigenvalue weighted by atomic mass is 9.72. The Labute approximate surface area is 164 Å². The van der Waals surface area contributed by atoms with E-state index in [1.165, 1.54) is 4.80 Å². The van der Waals surface area contributed by atoms with Crippen molar-refractivity contribution in [2.75, 3.05) is 0 Å². The van der Waals surface area contributed by atoms with E-state index in [0.29, 0.717) is 27.3 Å². The maximum atomic E-state index is 10.7. The van der Waals surface area contributed by atoms with Crippen LogP contribution in [0.2, 0.25) is 5.02 Å². The lowest BCUT2D eigenvalue weighted by molar-refractivity contribution is 0.271. The summed E-state index contributed by atoms with van der Waals surface area (Å²) >= 11 is 6.04. The number of hydrogen-bond donors (Lipinski definition) is 2. The average Bonchev–Trinajstić information content (AvgIpc) is 2.95. The first kappa shape index (κ1) is 19.6. The van der Waals surface area contributed by atoms with E-state index in [0.717, 1.165) is 12.0 Å². The summed E-state index contributed by atoms with van der Waals surface area (Å²) in [6.45, 7) is 10.7. The Morgan fingerprint density at radius 1 is 1.00 bits per heavy atom. The number of aromatic nitrogens is 3. The molecule has 0 spiro atoms. The van der Waals surface area contributed by atoms with Crippen LogP contribution >= 0.6 is 11.6 Å². The fourth-order valence-electron chi connectivity index (χ4n) is 3.76. The van der Waals surface area contributed by atoms with E-state index in [1.54, 1.807) is 18.2 Å². The van der Waals surface area contributed by atoms with Crippen molar-refractivity contribution in [2.45, 2.75) is 53.1 Å². The van der Waals surface area contributed by atoms with Gasteiger partial charge in [0.05, 0.1) is 6.61 Å². The molecule has 0 aliphatic heterocycles. The molecule has 0 saturated carbocycles. The molecule has 5 nitrogen and oxygen atoms in total. The average molecular weight is 388 g/mol. The fraction of sp³-hybridized carbons (Fsp3) is 0.429. The van der Waals surface area contributed by atoms with Gasteiger partial charge in [0.2, 0.25) is 0 Å². The summed E-state index contributed by atoms with van der Waals surface area (Å²) in [4.78, 5) is 1.41. The second-order valence-corrected chi connectivity index (χ2v) is 9.34. The van der Waals surface area contributed by atoms with Gasteiger partial charge in [0.25, 0.3) is 0 Å². The highest BCUT2D eigenvalue weighted by Crippen LogP contribution is 2.39. The van der Waals surface area contributed by atoms with Gasteiger partial charge >= 0.3 is 0 Å².